The molecule has 3 aromatic rings. The van der Waals surface area contributed by atoms with Crippen LogP contribution in [0, 0.1) is 6.92 Å². The van der Waals surface area contributed by atoms with Gasteiger partial charge in [-0.3, -0.25) is 10.1 Å². The fourth-order valence-corrected chi connectivity index (χ4v) is 3.12. The molecule has 2 aromatic heterocycles. The minimum Gasteiger partial charge on any atom is -0.493 e. The Morgan fingerprint density at radius 3 is 2.84 bits per heavy atom. The molecule has 1 unspecified atom stereocenters. The predicted octanol–water partition coefficient (Wildman–Crippen LogP) is 4.42. The highest BCUT2D eigenvalue weighted by molar-refractivity contribution is 5.79. The summed E-state index contributed by atoms with van der Waals surface area (Å²) in [5, 5.41) is 1.95. The first-order valence-corrected chi connectivity index (χ1v) is 10.2. The van der Waals surface area contributed by atoms with E-state index in [2.05, 4.69) is 4.98 Å². The molecule has 1 N–H and O–H groups in total. The van der Waals surface area contributed by atoms with Crippen molar-refractivity contribution in [2.45, 2.75) is 45.8 Å². The smallest absolute Gasteiger partial charge is 0.413 e. The Morgan fingerprint density at radius 1 is 1.28 bits per heavy atom. The number of imide groups is 1. The molecule has 0 radical (unpaired) electrons. The maximum atomic E-state index is 11.2. The Hall–Kier alpha value is -3.75. The van der Waals surface area contributed by atoms with Crippen LogP contribution >= 0.6 is 0 Å². The van der Waals surface area contributed by atoms with E-state index in [0.717, 1.165) is 18.4 Å². The summed E-state index contributed by atoms with van der Waals surface area (Å²) < 4.78 is 27.4. The summed E-state index contributed by atoms with van der Waals surface area (Å²) in [6.45, 7) is 3.83. The Bertz CT molecular complexity index is 1030. The van der Waals surface area contributed by atoms with Crippen molar-refractivity contribution in [3.05, 3.63) is 53.6 Å². The van der Waals surface area contributed by atoms with Crippen LogP contribution in [-0.2, 0) is 22.6 Å². The van der Waals surface area contributed by atoms with Crippen LogP contribution in [0.1, 0.15) is 36.8 Å². The molecule has 2 amide bonds. The monoisotopic (exact) mass is 442 g/mol. The molecular formula is C23H26N2O7. The molecule has 32 heavy (non-hydrogen) atoms. The van der Waals surface area contributed by atoms with Gasteiger partial charge in [0, 0.05) is 0 Å². The van der Waals surface area contributed by atoms with E-state index in [4.69, 9.17) is 23.0 Å². The standard InChI is InChI=1S/C23H26N2O7/c1-15(31-23(27)24-14-26)6-4-7-17-9-10-19(21(12-17)28-3)30-13-18-16(2)32-22(25-18)20-8-5-11-29-20/h5,8-12,14-15H,4,6-7,13H2,1-3H3,(H,24,26,27). The second kappa shape index (κ2) is 11.0. The lowest BCUT2D eigenvalue weighted by Crippen LogP contribution is -2.26. The third-order valence-electron chi connectivity index (χ3n) is 4.78. The number of aryl methyl sites for hydroxylation is 2. The van der Waals surface area contributed by atoms with Crippen molar-refractivity contribution in [3.63, 3.8) is 0 Å². The molecule has 0 spiro atoms. The van der Waals surface area contributed by atoms with Crippen LogP contribution in [0.25, 0.3) is 11.7 Å². The zero-order chi connectivity index (χ0) is 22.9. The molecule has 3 rings (SSSR count). The molecule has 0 fully saturated rings. The zero-order valence-electron chi connectivity index (χ0n) is 18.3. The van der Waals surface area contributed by atoms with Crippen molar-refractivity contribution in [3.8, 4) is 23.1 Å². The number of nitrogens with zero attached hydrogens (tertiary/aromatic N) is 1. The van der Waals surface area contributed by atoms with Crippen LogP contribution in [0.15, 0.2) is 45.4 Å². The molecule has 0 aliphatic rings. The maximum Gasteiger partial charge on any atom is 0.413 e. The van der Waals surface area contributed by atoms with E-state index in [0.29, 0.717) is 47.4 Å². The number of hydrogen-bond acceptors (Lipinski definition) is 8. The summed E-state index contributed by atoms with van der Waals surface area (Å²) in [7, 11) is 1.59. The maximum absolute atomic E-state index is 11.2. The Morgan fingerprint density at radius 2 is 2.12 bits per heavy atom. The van der Waals surface area contributed by atoms with Crippen LogP contribution < -0.4 is 14.8 Å². The van der Waals surface area contributed by atoms with E-state index in [1.54, 1.807) is 32.4 Å². The van der Waals surface area contributed by atoms with E-state index >= 15 is 0 Å². The number of carbonyl (C=O) groups excluding carboxylic acids is 2. The van der Waals surface area contributed by atoms with Crippen molar-refractivity contribution < 1.29 is 32.6 Å². The fourth-order valence-electron chi connectivity index (χ4n) is 3.12. The number of amides is 2. The van der Waals surface area contributed by atoms with Gasteiger partial charge in [0.15, 0.2) is 17.3 Å². The van der Waals surface area contributed by atoms with E-state index in [1.807, 2.05) is 30.4 Å². The summed E-state index contributed by atoms with van der Waals surface area (Å²) in [6, 6.07) is 9.30. The molecule has 1 aromatic carbocycles. The molecule has 0 aliphatic carbocycles. The summed E-state index contributed by atoms with van der Waals surface area (Å²) in [4.78, 5) is 25.9. The summed E-state index contributed by atoms with van der Waals surface area (Å²) in [6.07, 6.45) is 3.06. The molecule has 9 heteroatoms. The molecule has 1 atom stereocenters. The third-order valence-corrected chi connectivity index (χ3v) is 4.78. The van der Waals surface area contributed by atoms with Gasteiger partial charge in [0.2, 0.25) is 6.41 Å². The minimum atomic E-state index is -0.741. The number of aromatic nitrogens is 1. The summed E-state index contributed by atoms with van der Waals surface area (Å²) in [5.41, 5.74) is 1.74. The van der Waals surface area contributed by atoms with Crippen LogP contribution in [0.4, 0.5) is 4.79 Å². The van der Waals surface area contributed by atoms with Gasteiger partial charge in [-0.25, -0.2) is 9.78 Å². The number of methoxy groups -OCH3 is 1. The first-order chi connectivity index (χ1) is 15.5. The van der Waals surface area contributed by atoms with Crippen LogP contribution in [-0.4, -0.2) is 30.7 Å². The Balaban J connectivity index is 1.54. The second-order valence-corrected chi connectivity index (χ2v) is 7.14. The average Bonchev–Trinajstić information content (AvgIpc) is 3.42. The number of hydrogen-bond donors (Lipinski definition) is 1. The van der Waals surface area contributed by atoms with Gasteiger partial charge < -0.3 is 23.0 Å². The second-order valence-electron chi connectivity index (χ2n) is 7.14. The summed E-state index contributed by atoms with van der Waals surface area (Å²) >= 11 is 0. The fraction of sp³-hybridized carbons (Fsp3) is 0.348. The number of benzene rings is 1. The number of nitrogens with one attached hydrogen (secondary N) is 1. The van der Waals surface area contributed by atoms with Crippen molar-refractivity contribution >= 4 is 12.5 Å². The van der Waals surface area contributed by atoms with Gasteiger partial charge in [-0.1, -0.05) is 6.07 Å². The average molecular weight is 442 g/mol. The predicted molar refractivity (Wildman–Crippen MR) is 114 cm³/mol. The number of carbonyl (C=O) groups is 2. The van der Waals surface area contributed by atoms with Crippen molar-refractivity contribution in [2.75, 3.05) is 7.11 Å². The van der Waals surface area contributed by atoms with Crippen molar-refractivity contribution in [1.82, 2.24) is 10.3 Å². The summed E-state index contributed by atoms with van der Waals surface area (Å²) in [5.74, 6) is 2.84. The third kappa shape index (κ3) is 6.13. The number of ether oxygens (including phenoxy) is 3. The zero-order valence-corrected chi connectivity index (χ0v) is 18.3. The van der Waals surface area contributed by atoms with Crippen molar-refractivity contribution in [1.29, 1.82) is 0 Å². The highest BCUT2D eigenvalue weighted by Gasteiger charge is 2.15. The van der Waals surface area contributed by atoms with Crippen LogP contribution in [0.2, 0.25) is 0 Å². The molecular weight excluding hydrogens is 416 g/mol. The molecule has 170 valence electrons. The van der Waals surface area contributed by atoms with E-state index in [9.17, 15) is 9.59 Å². The van der Waals surface area contributed by atoms with Crippen LogP contribution in [0.3, 0.4) is 0 Å². The van der Waals surface area contributed by atoms with Gasteiger partial charge in [0.05, 0.1) is 13.4 Å². The van der Waals surface area contributed by atoms with Crippen molar-refractivity contribution in [2.24, 2.45) is 0 Å². The first-order valence-electron chi connectivity index (χ1n) is 10.2. The Kier molecular flexibility index (Phi) is 7.91. The topological polar surface area (TPSA) is 113 Å². The minimum absolute atomic E-state index is 0.226. The molecule has 9 nitrogen and oxygen atoms in total. The van der Waals surface area contributed by atoms with Gasteiger partial charge in [-0.2, -0.15) is 0 Å². The highest BCUT2D eigenvalue weighted by atomic mass is 16.6. The van der Waals surface area contributed by atoms with Gasteiger partial charge >= 0.3 is 6.09 Å². The van der Waals surface area contributed by atoms with Gasteiger partial charge in [-0.05, 0) is 62.9 Å². The first kappa shape index (κ1) is 22.9. The van der Waals surface area contributed by atoms with E-state index in [1.165, 1.54) is 0 Å². The number of oxazole rings is 1. The molecule has 0 saturated carbocycles. The molecule has 0 aliphatic heterocycles. The molecule has 2 heterocycles. The molecule has 0 saturated heterocycles. The highest BCUT2D eigenvalue weighted by Crippen LogP contribution is 2.30. The lowest BCUT2D eigenvalue weighted by atomic mass is 10.1. The lowest BCUT2D eigenvalue weighted by Gasteiger charge is -2.13. The van der Waals surface area contributed by atoms with Gasteiger partial charge in [0.1, 0.15) is 24.2 Å². The van der Waals surface area contributed by atoms with Crippen LogP contribution in [0.5, 0.6) is 11.5 Å². The largest absolute Gasteiger partial charge is 0.493 e. The van der Waals surface area contributed by atoms with Gasteiger partial charge in [0.25, 0.3) is 5.89 Å². The normalized spacial score (nSPS) is 11.6. The quantitative estimate of drug-likeness (QED) is 0.434. The van der Waals surface area contributed by atoms with Gasteiger partial charge in [-0.15, -0.1) is 0 Å². The number of rotatable bonds is 11. The van der Waals surface area contributed by atoms with E-state index in [-0.39, 0.29) is 12.7 Å². The lowest BCUT2D eigenvalue weighted by molar-refractivity contribution is -0.109. The number of alkyl carbamates (subject to hydrolysis) is 1. The number of furan rings is 1. The Labute approximate surface area is 185 Å². The SMILES string of the molecule is COc1cc(CCCC(C)OC(=O)NC=O)ccc1OCc1nc(-c2ccco2)oc1C. The van der Waals surface area contributed by atoms with E-state index < -0.39 is 6.09 Å². The molecule has 0 bridgehead atoms.